The van der Waals surface area contributed by atoms with Crippen LogP contribution < -0.4 is 11.1 Å². The van der Waals surface area contributed by atoms with E-state index in [2.05, 4.69) is 5.32 Å². The Labute approximate surface area is 86.4 Å². The third-order valence-electron chi connectivity index (χ3n) is 3.44. The Bertz CT molecular complexity index is 165. The molecule has 1 saturated carbocycles. The molecule has 0 bridgehead atoms. The number of carbonyl (C=O) groups is 1. The van der Waals surface area contributed by atoms with Crippen LogP contribution in [0.15, 0.2) is 0 Å². The standard InChI is InChI=1S/C11H22N2O/c1-13-7-11(8-14)10-4-2-9(6-12)3-5-10/h8-11,13H,2-7,12H2,1H3. The Morgan fingerprint density at radius 1 is 1.43 bits per heavy atom. The van der Waals surface area contributed by atoms with Gasteiger partial charge in [-0.1, -0.05) is 0 Å². The summed E-state index contributed by atoms with van der Waals surface area (Å²) in [6, 6.07) is 0. The minimum absolute atomic E-state index is 0.207. The number of nitrogens with two attached hydrogens (primary N) is 1. The number of hydrogen-bond donors (Lipinski definition) is 2. The van der Waals surface area contributed by atoms with Gasteiger partial charge in [0, 0.05) is 12.5 Å². The summed E-state index contributed by atoms with van der Waals surface area (Å²) in [5, 5.41) is 3.09. The summed E-state index contributed by atoms with van der Waals surface area (Å²) in [7, 11) is 1.90. The fourth-order valence-electron chi connectivity index (χ4n) is 2.41. The van der Waals surface area contributed by atoms with Gasteiger partial charge in [0.25, 0.3) is 0 Å². The van der Waals surface area contributed by atoms with E-state index in [0.29, 0.717) is 11.8 Å². The lowest BCUT2D eigenvalue weighted by Crippen LogP contribution is -2.31. The summed E-state index contributed by atoms with van der Waals surface area (Å²) in [6.45, 7) is 1.63. The van der Waals surface area contributed by atoms with Crippen LogP contribution >= 0.6 is 0 Å². The summed E-state index contributed by atoms with van der Waals surface area (Å²) in [4.78, 5) is 10.9. The normalized spacial score (nSPS) is 29.9. The predicted molar refractivity (Wildman–Crippen MR) is 58.0 cm³/mol. The van der Waals surface area contributed by atoms with Crippen LogP contribution in [0.5, 0.6) is 0 Å². The molecule has 1 atom stereocenters. The Balaban J connectivity index is 2.35. The number of rotatable bonds is 5. The highest BCUT2D eigenvalue weighted by Crippen LogP contribution is 2.32. The molecule has 0 amide bonds. The van der Waals surface area contributed by atoms with Gasteiger partial charge in [0.15, 0.2) is 0 Å². The molecule has 0 aromatic heterocycles. The first-order valence-corrected chi connectivity index (χ1v) is 5.61. The van der Waals surface area contributed by atoms with Gasteiger partial charge in [-0.25, -0.2) is 0 Å². The summed E-state index contributed by atoms with van der Waals surface area (Å²) in [5.41, 5.74) is 5.63. The van der Waals surface area contributed by atoms with Gasteiger partial charge in [-0.05, 0) is 51.1 Å². The average Bonchev–Trinajstić information content (AvgIpc) is 2.26. The van der Waals surface area contributed by atoms with Gasteiger partial charge >= 0.3 is 0 Å². The van der Waals surface area contributed by atoms with E-state index in [-0.39, 0.29) is 5.92 Å². The van der Waals surface area contributed by atoms with Gasteiger partial charge in [-0.15, -0.1) is 0 Å². The maximum Gasteiger partial charge on any atom is 0.124 e. The minimum Gasteiger partial charge on any atom is -0.330 e. The third-order valence-corrected chi connectivity index (χ3v) is 3.44. The zero-order valence-corrected chi connectivity index (χ0v) is 9.04. The molecule has 0 spiro atoms. The van der Waals surface area contributed by atoms with Gasteiger partial charge in [-0.2, -0.15) is 0 Å². The molecule has 3 heteroatoms. The summed E-state index contributed by atoms with van der Waals surface area (Å²) in [6.07, 6.45) is 5.87. The number of carbonyl (C=O) groups excluding carboxylic acids is 1. The number of nitrogens with one attached hydrogen (secondary N) is 1. The minimum atomic E-state index is 0.207. The lowest BCUT2D eigenvalue weighted by atomic mass is 9.76. The third kappa shape index (κ3) is 3.07. The maximum absolute atomic E-state index is 10.9. The van der Waals surface area contributed by atoms with Crippen molar-refractivity contribution in [2.24, 2.45) is 23.5 Å². The van der Waals surface area contributed by atoms with Crippen LogP contribution in [-0.4, -0.2) is 26.4 Å². The Morgan fingerprint density at radius 3 is 2.50 bits per heavy atom. The van der Waals surface area contributed by atoms with Gasteiger partial charge in [-0.3, -0.25) is 0 Å². The molecule has 0 aromatic rings. The molecular weight excluding hydrogens is 176 g/mol. The van der Waals surface area contributed by atoms with E-state index in [9.17, 15) is 4.79 Å². The van der Waals surface area contributed by atoms with Crippen LogP contribution in [0.25, 0.3) is 0 Å². The second kappa shape index (κ2) is 6.14. The van der Waals surface area contributed by atoms with E-state index in [1.54, 1.807) is 0 Å². The summed E-state index contributed by atoms with van der Waals surface area (Å²) < 4.78 is 0. The smallest absolute Gasteiger partial charge is 0.124 e. The molecule has 14 heavy (non-hydrogen) atoms. The Morgan fingerprint density at radius 2 is 2.07 bits per heavy atom. The van der Waals surface area contributed by atoms with E-state index < -0.39 is 0 Å². The number of aldehydes is 1. The highest BCUT2D eigenvalue weighted by atomic mass is 16.1. The first-order chi connectivity index (χ1) is 6.81. The van der Waals surface area contributed by atoms with Crippen molar-refractivity contribution >= 4 is 6.29 Å². The quantitative estimate of drug-likeness (QED) is 0.642. The molecule has 1 aliphatic carbocycles. The average molecular weight is 198 g/mol. The molecule has 1 aliphatic rings. The van der Waals surface area contributed by atoms with Crippen LogP contribution in [0, 0.1) is 17.8 Å². The molecule has 82 valence electrons. The second-order valence-corrected chi connectivity index (χ2v) is 4.37. The van der Waals surface area contributed by atoms with Crippen molar-refractivity contribution in [2.45, 2.75) is 25.7 Å². The molecule has 0 saturated heterocycles. The summed E-state index contributed by atoms with van der Waals surface area (Å²) in [5.74, 6) is 1.50. The Hall–Kier alpha value is -0.410. The van der Waals surface area contributed by atoms with Gasteiger partial charge in [0.2, 0.25) is 0 Å². The van der Waals surface area contributed by atoms with Crippen molar-refractivity contribution in [3.05, 3.63) is 0 Å². The molecule has 3 nitrogen and oxygen atoms in total. The predicted octanol–water partition coefficient (Wildman–Crippen LogP) is 0.786. The lowest BCUT2D eigenvalue weighted by Gasteiger charge is -2.30. The van der Waals surface area contributed by atoms with E-state index in [1.807, 2.05) is 7.05 Å². The topological polar surface area (TPSA) is 55.1 Å². The number of hydrogen-bond acceptors (Lipinski definition) is 3. The highest BCUT2D eigenvalue weighted by molar-refractivity contribution is 5.54. The molecule has 3 N–H and O–H groups in total. The first kappa shape index (κ1) is 11.7. The van der Waals surface area contributed by atoms with Crippen LogP contribution in [0.2, 0.25) is 0 Å². The van der Waals surface area contributed by atoms with E-state index >= 15 is 0 Å². The van der Waals surface area contributed by atoms with Gasteiger partial charge < -0.3 is 15.8 Å². The van der Waals surface area contributed by atoms with E-state index in [1.165, 1.54) is 25.7 Å². The zero-order chi connectivity index (χ0) is 10.4. The van der Waals surface area contributed by atoms with Crippen molar-refractivity contribution in [1.82, 2.24) is 5.32 Å². The molecule has 1 rings (SSSR count). The second-order valence-electron chi connectivity index (χ2n) is 4.37. The van der Waals surface area contributed by atoms with Crippen LogP contribution in [0.3, 0.4) is 0 Å². The summed E-state index contributed by atoms with van der Waals surface area (Å²) >= 11 is 0. The van der Waals surface area contributed by atoms with Crippen molar-refractivity contribution in [3.8, 4) is 0 Å². The first-order valence-electron chi connectivity index (χ1n) is 5.61. The van der Waals surface area contributed by atoms with Crippen molar-refractivity contribution < 1.29 is 4.79 Å². The molecule has 0 heterocycles. The van der Waals surface area contributed by atoms with E-state index in [0.717, 1.165) is 19.4 Å². The molecule has 1 unspecified atom stereocenters. The van der Waals surface area contributed by atoms with Crippen LogP contribution in [-0.2, 0) is 4.79 Å². The fourth-order valence-corrected chi connectivity index (χ4v) is 2.41. The van der Waals surface area contributed by atoms with Crippen molar-refractivity contribution in [2.75, 3.05) is 20.1 Å². The molecule has 0 aliphatic heterocycles. The van der Waals surface area contributed by atoms with E-state index in [4.69, 9.17) is 5.73 Å². The van der Waals surface area contributed by atoms with Crippen molar-refractivity contribution in [3.63, 3.8) is 0 Å². The SMILES string of the molecule is CNCC(C=O)C1CCC(CN)CC1. The molecular formula is C11H22N2O. The van der Waals surface area contributed by atoms with Gasteiger partial charge in [0.1, 0.15) is 6.29 Å². The van der Waals surface area contributed by atoms with Crippen LogP contribution in [0.1, 0.15) is 25.7 Å². The monoisotopic (exact) mass is 198 g/mol. The highest BCUT2D eigenvalue weighted by Gasteiger charge is 2.26. The van der Waals surface area contributed by atoms with Crippen LogP contribution in [0.4, 0.5) is 0 Å². The molecule has 0 aromatic carbocycles. The maximum atomic E-state index is 10.9. The van der Waals surface area contributed by atoms with Gasteiger partial charge in [0.05, 0.1) is 0 Å². The van der Waals surface area contributed by atoms with Crippen molar-refractivity contribution in [1.29, 1.82) is 0 Å². The lowest BCUT2D eigenvalue weighted by molar-refractivity contribution is -0.112. The largest absolute Gasteiger partial charge is 0.330 e. The zero-order valence-electron chi connectivity index (χ0n) is 9.04. The molecule has 0 radical (unpaired) electrons. The molecule has 1 fully saturated rings. The fraction of sp³-hybridized carbons (Fsp3) is 0.909. The Kier molecular flexibility index (Phi) is 5.12.